The third-order valence-electron chi connectivity index (χ3n) is 5.11. The van der Waals surface area contributed by atoms with Gasteiger partial charge in [-0.2, -0.15) is 0 Å². The average molecular weight is 526 g/mol. The fraction of sp³-hybridized carbons (Fsp3) is 0.423. The molecule has 37 heavy (non-hydrogen) atoms. The third kappa shape index (κ3) is 11.8. The summed E-state index contributed by atoms with van der Waals surface area (Å²) in [6.07, 6.45) is 1.32. The number of halogens is 4. The number of pyridine rings is 1. The minimum Gasteiger partial charge on any atom is -0.484 e. The molecule has 1 aromatic carbocycles. The molecular weight excluding hydrogens is 490 g/mol. The summed E-state index contributed by atoms with van der Waals surface area (Å²) in [5, 5.41) is 9.35. The molecule has 1 unspecified atom stereocenters. The third-order valence-corrected chi connectivity index (χ3v) is 5.11. The summed E-state index contributed by atoms with van der Waals surface area (Å²) in [5.41, 5.74) is 6.27. The lowest BCUT2D eigenvalue weighted by atomic mass is 9.99. The standard InChI is InChI=1S/C23H27F4N3O2.C3H8N2/c1-5-7-8-16(6-2)22(31-4)29-15(3)17-9-12-21(28-14-17)30-18-10-11-20(19(24)13-18)32-23(25,26)27;1-2-3(4)5/h9-14,16H,3,5-8H2,1-2,4H3,(H,28,30);2H2,1H3,(H3,4,5). The van der Waals surface area contributed by atoms with E-state index < -0.39 is 17.9 Å². The largest absolute Gasteiger partial charge is 0.573 e. The highest BCUT2D eigenvalue weighted by atomic mass is 19.4. The van der Waals surface area contributed by atoms with Crippen molar-refractivity contribution in [1.29, 1.82) is 5.41 Å². The van der Waals surface area contributed by atoms with Gasteiger partial charge >= 0.3 is 6.36 Å². The number of hydrogen-bond donors (Lipinski definition) is 3. The van der Waals surface area contributed by atoms with E-state index in [9.17, 15) is 17.6 Å². The topological polar surface area (TPSA) is 106 Å². The van der Waals surface area contributed by atoms with Gasteiger partial charge in [-0.05, 0) is 37.1 Å². The lowest BCUT2D eigenvalue weighted by molar-refractivity contribution is -0.275. The van der Waals surface area contributed by atoms with Crippen molar-refractivity contribution in [3.05, 3.63) is 54.5 Å². The molecule has 7 nitrogen and oxygen atoms in total. The Morgan fingerprint density at radius 2 is 1.89 bits per heavy atom. The Labute approximate surface area is 215 Å². The molecule has 1 heterocycles. The predicted molar refractivity (Wildman–Crippen MR) is 140 cm³/mol. The number of amidine groups is 1. The molecule has 0 spiro atoms. The molecule has 0 saturated carbocycles. The Balaban J connectivity index is 0.00000124. The molecule has 0 aliphatic carbocycles. The Morgan fingerprint density at radius 1 is 1.22 bits per heavy atom. The van der Waals surface area contributed by atoms with Crippen molar-refractivity contribution in [1.82, 2.24) is 4.98 Å². The molecule has 0 radical (unpaired) electrons. The minimum absolute atomic E-state index is 0.213. The van der Waals surface area contributed by atoms with Crippen LogP contribution in [0.4, 0.5) is 29.1 Å². The Bertz CT molecular complexity index is 1040. The molecule has 1 aromatic heterocycles. The van der Waals surface area contributed by atoms with E-state index in [2.05, 4.69) is 40.5 Å². The molecule has 11 heteroatoms. The van der Waals surface area contributed by atoms with Crippen LogP contribution in [-0.2, 0) is 4.74 Å². The summed E-state index contributed by atoms with van der Waals surface area (Å²) in [7, 11) is 1.59. The van der Waals surface area contributed by atoms with Crippen LogP contribution in [0.1, 0.15) is 58.4 Å². The number of hydrogen-bond acceptors (Lipinski definition) is 6. The zero-order chi connectivity index (χ0) is 28.0. The Kier molecular flexibility index (Phi) is 13.1. The van der Waals surface area contributed by atoms with Crippen molar-refractivity contribution in [3.8, 4) is 5.75 Å². The van der Waals surface area contributed by atoms with Gasteiger partial charge < -0.3 is 20.5 Å². The number of benzene rings is 1. The van der Waals surface area contributed by atoms with Crippen LogP contribution in [0.5, 0.6) is 5.75 Å². The lowest BCUT2D eigenvalue weighted by Crippen LogP contribution is -2.17. The highest BCUT2D eigenvalue weighted by Gasteiger charge is 2.32. The number of nitrogens with two attached hydrogens (primary N) is 1. The average Bonchev–Trinajstić information content (AvgIpc) is 2.85. The zero-order valence-corrected chi connectivity index (χ0v) is 21.6. The number of ether oxygens (including phenoxy) is 2. The van der Waals surface area contributed by atoms with E-state index in [-0.39, 0.29) is 17.4 Å². The highest BCUT2D eigenvalue weighted by molar-refractivity contribution is 5.85. The second-order valence-corrected chi connectivity index (χ2v) is 7.98. The van der Waals surface area contributed by atoms with E-state index in [1.807, 2.05) is 6.92 Å². The molecule has 0 bridgehead atoms. The Morgan fingerprint density at radius 3 is 2.35 bits per heavy atom. The van der Waals surface area contributed by atoms with E-state index in [1.54, 1.807) is 25.4 Å². The van der Waals surface area contributed by atoms with Crippen molar-refractivity contribution in [2.24, 2.45) is 16.6 Å². The number of aliphatic imine (C=N–C) groups is 1. The number of anilines is 2. The smallest absolute Gasteiger partial charge is 0.484 e. The lowest BCUT2D eigenvalue weighted by Gasteiger charge is -2.16. The quantitative estimate of drug-likeness (QED) is 0.161. The molecule has 1 atom stereocenters. The molecule has 0 aliphatic heterocycles. The first-order chi connectivity index (χ1) is 17.4. The van der Waals surface area contributed by atoms with Crippen molar-refractivity contribution < 1.29 is 27.0 Å². The second kappa shape index (κ2) is 15.5. The first-order valence-electron chi connectivity index (χ1n) is 11.9. The number of alkyl halides is 3. The van der Waals surface area contributed by atoms with E-state index in [0.717, 1.165) is 37.8 Å². The van der Waals surface area contributed by atoms with Crippen LogP contribution in [-0.4, -0.2) is 30.2 Å². The first-order valence-corrected chi connectivity index (χ1v) is 11.9. The van der Waals surface area contributed by atoms with Gasteiger partial charge in [-0.15, -0.1) is 13.2 Å². The number of methoxy groups -OCH3 is 1. The van der Waals surface area contributed by atoms with Crippen LogP contribution >= 0.6 is 0 Å². The maximum Gasteiger partial charge on any atom is 0.573 e. The fourth-order valence-corrected chi connectivity index (χ4v) is 3.03. The van der Waals surface area contributed by atoms with Crippen LogP contribution < -0.4 is 15.8 Å². The summed E-state index contributed by atoms with van der Waals surface area (Å²) in [6, 6.07) is 6.42. The summed E-state index contributed by atoms with van der Waals surface area (Å²) in [5.74, 6) is -0.582. The van der Waals surface area contributed by atoms with Crippen molar-refractivity contribution in [2.75, 3.05) is 12.4 Å². The van der Waals surface area contributed by atoms with Gasteiger partial charge in [0.25, 0.3) is 0 Å². The maximum absolute atomic E-state index is 13.9. The molecule has 0 fully saturated rings. The number of nitrogens with zero attached hydrogens (tertiary/aromatic N) is 2. The number of rotatable bonds is 11. The van der Waals surface area contributed by atoms with Crippen molar-refractivity contribution in [2.45, 2.75) is 59.2 Å². The second-order valence-electron chi connectivity index (χ2n) is 7.98. The number of nitrogens with one attached hydrogen (secondary N) is 2. The van der Waals surface area contributed by atoms with Gasteiger partial charge in [0.05, 0.1) is 18.6 Å². The van der Waals surface area contributed by atoms with Gasteiger partial charge in [-0.3, -0.25) is 5.41 Å². The molecule has 0 aliphatic rings. The summed E-state index contributed by atoms with van der Waals surface area (Å²) in [4.78, 5) is 8.78. The van der Waals surface area contributed by atoms with Gasteiger partial charge in [-0.1, -0.05) is 40.2 Å². The highest BCUT2D eigenvalue weighted by Crippen LogP contribution is 2.28. The number of unbranched alkanes of at least 4 members (excludes halogenated alkanes) is 1. The van der Waals surface area contributed by atoms with Crippen LogP contribution in [0.15, 0.2) is 48.1 Å². The predicted octanol–water partition coefficient (Wildman–Crippen LogP) is 7.43. The van der Waals surface area contributed by atoms with Gasteiger partial charge in [0, 0.05) is 35.9 Å². The SMILES string of the molecule is C=C(N=C(OC)C(CC)CCCC)c1ccc(Nc2ccc(OC(F)(F)F)c(F)c2)nc1.CCC(=N)N. The molecule has 2 aromatic rings. The molecule has 2 rings (SSSR count). The maximum atomic E-state index is 13.9. The first kappa shape index (κ1) is 31.4. The summed E-state index contributed by atoms with van der Waals surface area (Å²) >= 11 is 0. The van der Waals surface area contributed by atoms with E-state index >= 15 is 0 Å². The van der Waals surface area contributed by atoms with Gasteiger partial charge in [0.1, 0.15) is 5.82 Å². The minimum atomic E-state index is -4.96. The van der Waals surface area contributed by atoms with E-state index in [0.29, 0.717) is 29.4 Å². The summed E-state index contributed by atoms with van der Waals surface area (Å²) in [6.45, 7) is 10.1. The van der Waals surface area contributed by atoms with Crippen LogP contribution in [0, 0.1) is 17.1 Å². The normalized spacial score (nSPS) is 12.2. The molecule has 4 N–H and O–H groups in total. The van der Waals surface area contributed by atoms with E-state index in [4.69, 9.17) is 15.9 Å². The molecule has 204 valence electrons. The van der Waals surface area contributed by atoms with Crippen LogP contribution in [0.2, 0.25) is 0 Å². The van der Waals surface area contributed by atoms with Gasteiger partial charge in [0.2, 0.25) is 0 Å². The van der Waals surface area contributed by atoms with Crippen LogP contribution in [0.25, 0.3) is 5.70 Å². The number of aromatic nitrogens is 1. The van der Waals surface area contributed by atoms with Crippen LogP contribution in [0.3, 0.4) is 0 Å². The van der Waals surface area contributed by atoms with Gasteiger partial charge in [-0.25, -0.2) is 14.4 Å². The van der Waals surface area contributed by atoms with Gasteiger partial charge in [0.15, 0.2) is 17.5 Å². The monoisotopic (exact) mass is 525 g/mol. The Hall–Kier alpha value is -3.63. The molecule has 0 amide bonds. The zero-order valence-electron chi connectivity index (χ0n) is 21.6. The fourth-order valence-electron chi connectivity index (χ4n) is 3.03. The van der Waals surface area contributed by atoms with Crippen molar-refractivity contribution in [3.63, 3.8) is 0 Å². The molecular formula is C26H35F4N5O2. The van der Waals surface area contributed by atoms with Crippen molar-refractivity contribution >= 4 is 28.9 Å². The summed E-state index contributed by atoms with van der Waals surface area (Å²) < 4.78 is 59.7. The van der Waals surface area contributed by atoms with E-state index in [1.165, 1.54) is 6.07 Å². The molecule has 0 saturated heterocycles.